The number of aromatic nitrogens is 2. The van der Waals surface area contributed by atoms with E-state index in [1.54, 1.807) is 28.8 Å². The maximum Gasteiger partial charge on any atom is 0.289 e. The molecule has 0 aliphatic heterocycles. The molecule has 1 amide bonds. The molecule has 1 aromatic heterocycles. The van der Waals surface area contributed by atoms with Gasteiger partial charge in [0.25, 0.3) is 11.2 Å². The molecular weight excluding hydrogens is 428 g/mol. The molecule has 1 N–H and O–H groups in total. The maximum atomic E-state index is 13.0. The van der Waals surface area contributed by atoms with Crippen molar-refractivity contribution >= 4 is 51.5 Å². The van der Waals surface area contributed by atoms with Gasteiger partial charge in [-0.15, -0.1) is 0 Å². The van der Waals surface area contributed by atoms with Gasteiger partial charge in [-0.2, -0.15) is 0 Å². The Kier molecular flexibility index (Phi) is 6.73. The number of hydrogen-bond acceptors (Lipinski definition) is 6. The summed E-state index contributed by atoms with van der Waals surface area (Å²) in [7, 11) is 0. The number of fused-ring (bicyclic) bond motifs is 1. The number of amides is 1. The highest BCUT2D eigenvalue weighted by Gasteiger charge is 2.18. The van der Waals surface area contributed by atoms with Crippen LogP contribution >= 0.6 is 23.4 Å². The van der Waals surface area contributed by atoms with Crippen molar-refractivity contribution in [1.29, 1.82) is 0 Å². The van der Waals surface area contributed by atoms with Crippen LogP contribution in [0.3, 0.4) is 0 Å². The molecule has 156 valence electrons. The van der Waals surface area contributed by atoms with Gasteiger partial charge in [0.05, 0.1) is 21.6 Å². The van der Waals surface area contributed by atoms with Crippen molar-refractivity contribution in [2.45, 2.75) is 31.5 Å². The summed E-state index contributed by atoms with van der Waals surface area (Å²) in [5.41, 5.74) is 0.399. The lowest BCUT2D eigenvalue weighted by Crippen LogP contribution is -2.26. The summed E-state index contributed by atoms with van der Waals surface area (Å²) >= 11 is 6.93. The molecule has 0 bridgehead atoms. The van der Waals surface area contributed by atoms with Gasteiger partial charge < -0.3 is 5.32 Å². The molecule has 0 fully saturated rings. The van der Waals surface area contributed by atoms with E-state index in [9.17, 15) is 19.7 Å². The van der Waals surface area contributed by atoms with Crippen LogP contribution in [-0.4, -0.2) is 26.1 Å². The van der Waals surface area contributed by atoms with Crippen molar-refractivity contribution in [1.82, 2.24) is 9.55 Å². The molecule has 0 aliphatic rings. The zero-order chi connectivity index (χ0) is 21.8. The molecule has 1 atom stereocenters. The smallest absolute Gasteiger partial charge is 0.289 e. The summed E-state index contributed by atoms with van der Waals surface area (Å²) in [5.74, 6) is -0.396. The molecule has 30 heavy (non-hydrogen) atoms. The largest absolute Gasteiger partial charge is 0.325 e. The number of hydrogen-bond donors (Lipinski definition) is 1. The van der Waals surface area contributed by atoms with Crippen LogP contribution in [0, 0.1) is 10.1 Å². The molecule has 1 unspecified atom stereocenters. The van der Waals surface area contributed by atoms with Gasteiger partial charge in [0, 0.05) is 17.8 Å². The van der Waals surface area contributed by atoms with E-state index >= 15 is 0 Å². The predicted octanol–water partition coefficient (Wildman–Crippen LogP) is 4.66. The predicted molar refractivity (Wildman–Crippen MR) is 118 cm³/mol. The van der Waals surface area contributed by atoms with E-state index in [0.29, 0.717) is 16.1 Å². The number of para-hydroxylation sites is 1. The fourth-order valence-electron chi connectivity index (χ4n) is 2.86. The van der Waals surface area contributed by atoms with Crippen LogP contribution in [-0.2, 0) is 4.79 Å². The molecule has 0 aliphatic carbocycles. The third-order valence-electron chi connectivity index (χ3n) is 4.57. The van der Waals surface area contributed by atoms with Gasteiger partial charge in [0.2, 0.25) is 5.91 Å². The standard InChI is InChI=1S/C20H19ClN4O4S/c1-3-12(2)24-19(27)14-6-4-5-7-16(14)23-20(24)30-11-18(26)22-13-8-9-15(21)17(10-13)25(28)29/h4-10,12H,3,11H2,1-2H3,(H,22,26). The van der Waals surface area contributed by atoms with E-state index in [1.165, 1.54) is 18.2 Å². The number of rotatable bonds is 7. The first kappa shape index (κ1) is 21.8. The van der Waals surface area contributed by atoms with E-state index in [1.807, 2.05) is 13.8 Å². The minimum absolute atomic E-state index is 0.00897. The Morgan fingerprint density at radius 3 is 2.77 bits per heavy atom. The number of nitrogens with zero attached hydrogens (tertiary/aromatic N) is 3. The van der Waals surface area contributed by atoms with E-state index in [-0.39, 0.29) is 39.7 Å². The summed E-state index contributed by atoms with van der Waals surface area (Å²) in [6.07, 6.45) is 0.730. The normalized spacial score (nSPS) is 12.0. The first-order valence-electron chi connectivity index (χ1n) is 9.19. The van der Waals surface area contributed by atoms with Crippen molar-refractivity contribution in [3.63, 3.8) is 0 Å². The molecule has 10 heteroatoms. The van der Waals surface area contributed by atoms with Crippen molar-refractivity contribution in [2.75, 3.05) is 11.1 Å². The SMILES string of the molecule is CCC(C)n1c(SCC(=O)Nc2ccc(Cl)c([N+](=O)[O-])c2)nc2ccccc2c1=O. The van der Waals surface area contributed by atoms with E-state index in [2.05, 4.69) is 10.3 Å². The highest BCUT2D eigenvalue weighted by atomic mass is 35.5. The molecule has 3 rings (SSSR count). The quantitative estimate of drug-likeness (QED) is 0.245. The number of benzene rings is 2. The molecule has 3 aromatic rings. The van der Waals surface area contributed by atoms with E-state index < -0.39 is 4.92 Å². The van der Waals surface area contributed by atoms with Crippen molar-refractivity contribution in [3.05, 3.63) is 68.0 Å². The summed E-state index contributed by atoms with van der Waals surface area (Å²) in [6.45, 7) is 3.90. The number of nitro groups is 1. The first-order chi connectivity index (χ1) is 14.3. The molecule has 0 spiro atoms. The van der Waals surface area contributed by atoms with Gasteiger partial charge in [0.1, 0.15) is 5.02 Å². The monoisotopic (exact) mass is 446 g/mol. The Balaban J connectivity index is 1.83. The minimum Gasteiger partial charge on any atom is -0.325 e. The van der Waals surface area contributed by atoms with Gasteiger partial charge in [-0.05, 0) is 37.6 Å². The number of nitrogens with one attached hydrogen (secondary N) is 1. The second kappa shape index (κ2) is 9.27. The van der Waals surface area contributed by atoms with Gasteiger partial charge in [0.15, 0.2) is 5.16 Å². The lowest BCUT2D eigenvalue weighted by molar-refractivity contribution is -0.384. The Hall–Kier alpha value is -2.91. The van der Waals surface area contributed by atoms with Gasteiger partial charge >= 0.3 is 0 Å². The highest BCUT2D eigenvalue weighted by Crippen LogP contribution is 2.28. The number of carbonyl (C=O) groups excluding carboxylic acids is 1. The Bertz CT molecular complexity index is 1180. The van der Waals surface area contributed by atoms with Crippen molar-refractivity contribution in [3.8, 4) is 0 Å². The van der Waals surface area contributed by atoms with E-state index in [0.717, 1.165) is 18.2 Å². The van der Waals surface area contributed by atoms with Crippen LogP contribution < -0.4 is 10.9 Å². The highest BCUT2D eigenvalue weighted by molar-refractivity contribution is 7.99. The Morgan fingerprint density at radius 1 is 1.33 bits per heavy atom. The molecule has 2 aromatic carbocycles. The van der Waals surface area contributed by atoms with E-state index in [4.69, 9.17) is 11.6 Å². The second-order valence-electron chi connectivity index (χ2n) is 6.60. The number of thioether (sulfide) groups is 1. The second-order valence-corrected chi connectivity index (χ2v) is 7.95. The average Bonchev–Trinajstić information content (AvgIpc) is 2.73. The van der Waals surface area contributed by atoms with Crippen LogP contribution in [0.2, 0.25) is 5.02 Å². The lowest BCUT2D eigenvalue weighted by atomic mass is 10.2. The first-order valence-corrected chi connectivity index (χ1v) is 10.6. The van der Waals surface area contributed by atoms with Gasteiger partial charge in [-0.3, -0.25) is 24.3 Å². The number of nitro benzene ring substituents is 1. The number of anilines is 1. The summed E-state index contributed by atoms with van der Waals surface area (Å²) in [6, 6.07) is 11.0. The Morgan fingerprint density at radius 2 is 2.07 bits per heavy atom. The van der Waals surface area contributed by atoms with Crippen molar-refractivity contribution in [2.24, 2.45) is 0 Å². The molecule has 0 saturated carbocycles. The third kappa shape index (κ3) is 4.63. The Labute approximate surface area is 181 Å². The fraction of sp³-hybridized carbons (Fsp3) is 0.250. The number of halogens is 1. The van der Waals surface area contributed by atoms with Crippen LogP contribution in [0.1, 0.15) is 26.3 Å². The molecular formula is C20H19ClN4O4S. The molecule has 1 heterocycles. The van der Waals surface area contributed by atoms with Crippen LogP contribution in [0.15, 0.2) is 52.4 Å². The lowest BCUT2D eigenvalue weighted by Gasteiger charge is -2.18. The fourth-order valence-corrected chi connectivity index (χ4v) is 3.94. The average molecular weight is 447 g/mol. The van der Waals surface area contributed by atoms with Crippen LogP contribution in [0.25, 0.3) is 10.9 Å². The summed E-state index contributed by atoms with van der Waals surface area (Å²) in [5, 5.41) is 14.6. The maximum absolute atomic E-state index is 13.0. The topological polar surface area (TPSA) is 107 Å². The third-order valence-corrected chi connectivity index (χ3v) is 5.84. The molecule has 8 nitrogen and oxygen atoms in total. The number of carbonyl (C=O) groups is 1. The van der Waals surface area contributed by atoms with Crippen LogP contribution in [0.5, 0.6) is 0 Å². The van der Waals surface area contributed by atoms with Crippen molar-refractivity contribution < 1.29 is 9.72 Å². The molecule has 0 saturated heterocycles. The van der Waals surface area contributed by atoms with Crippen LogP contribution in [0.4, 0.5) is 11.4 Å². The zero-order valence-corrected chi connectivity index (χ0v) is 17.9. The molecule has 0 radical (unpaired) electrons. The van der Waals surface area contributed by atoms with Gasteiger partial charge in [-0.25, -0.2) is 4.98 Å². The zero-order valence-electron chi connectivity index (χ0n) is 16.3. The van der Waals surface area contributed by atoms with Gasteiger partial charge in [-0.1, -0.05) is 42.4 Å². The summed E-state index contributed by atoms with van der Waals surface area (Å²) < 4.78 is 1.60. The summed E-state index contributed by atoms with van der Waals surface area (Å²) in [4.78, 5) is 40.3. The minimum atomic E-state index is -0.615.